The summed E-state index contributed by atoms with van der Waals surface area (Å²) in [6.07, 6.45) is 5.09. The first kappa shape index (κ1) is 16.9. The van der Waals surface area contributed by atoms with Gasteiger partial charge in [0.15, 0.2) is 0 Å². The molecular weight excluding hydrogens is 306 g/mol. The number of aromatic nitrogens is 1. The molecule has 1 aromatic rings. The molecule has 3 heterocycles. The number of hydrogen-bond donors (Lipinski definition) is 0. The van der Waals surface area contributed by atoms with E-state index < -0.39 is 0 Å². The lowest BCUT2D eigenvalue weighted by Gasteiger charge is -2.47. The summed E-state index contributed by atoms with van der Waals surface area (Å²) < 4.78 is 5.11. The van der Waals surface area contributed by atoms with Gasteiger partial charge in [0, 0.05) is 45.9 Å². The first-order chi connectivity index (χ1) is 11.6. The molecule has 2 aliphatic heterocycles. The molecule has 0 saturated carbocycles. The molecule has 24 heavy (non-hydrogen) atoms. The number of methoxy groups -OCH3 is 1. The number of pyridine rings is 1. The Morgan fingerprint density at radius 2 is 2.08 bits per heavy atom. The van der Waals surface area contributed by atoms with Gasteiger partial charge in [-0.05, 0) is 36.8 Å². The highest BCUT2D eigenvalue weighted by Crippen LogP contribution is 2.40. The van der Waals surface area contributed by atoms with Gasteiger partial charge in [-0.1, -0.05) is 6.07 Å². The van der Waals surface area contributed by atoms with Crippen LogP contribution < -0.4 is 0 Å². The van der Waals surface area contributed by atoms with Crippen LogP contribution in [0.4, 0.5) is 0 Å². The lowest BCUT2D eigenvalue weighted by Crippen LogP contribution is -2.53. The van der Waals surface area contributed by atoms with Crippen LogP contribution in [0.15, 0.2) is 24.4 Å². The average Bonchev–Trinajstić information content (AvgIpc) is 2.63. The van der Waals surface area contributed by atoms with Gasteiger partial charge in [0.2, 0.25) is 5.91 Å². The molecule has 0 radical (unpaired) electrons. The summed E-state index contributed by atoms with van der Waals surface area (Å²) in [5.41, 5.74) is 0.664. The highest BCUT2D eigenvalue weighted by molar-refractivity contribution is 5.92. The lowest BCUT2D eigenvalue weighted by atomic mass is 9.72. The van der Waals surface area contributed by atoms with E-state index in [1.807, 2.05) is 21.9 Å². The van der Waals surface area contributed by atoms with Crippen molar-refractivity contribution in [2.24, 2.45) is 5.41 Å². The summed E-state index contributed by atoms with van der Waals surface area (Å²) in [7, 11) is 1.66. The van der Waals surface area contributed by atoms with Crippen molar-refractivity contribution in [3.63, 3.8) is 0 Å². The van der Waals surface area contributed by atoms with Crippen LogP contribution in [0.25, 0.3) is 0 Å². The zero-order valence-corrected chi connectivity index (χ0v) is 14.2. The predicted octanol–water partition coefficient (Wildman–Crippen LogP) is 1.57. The molecule has 3 rings (SSSR count). The minimum Gasteiger partial charge on any atom is -0.383 e. The molecule has 6 nitrogen and oxygen atoms in total. The van der Waals surface area contributed by atoms with Crippen LogP contribution in [0.1, 0.15) is 36.2 Å². The summed E-state index contributed by atoms with van der Waals surface area (Å²) in [6.45, 7) is 3.50. The zero-order valence-electron chi connectivity index (χ0n) is 14.2. The number of carbonyl (C=O) groups is 2. The van der Waals surface area contributed by atoms with Crippen LogP contribution in [0.5, 0.6) is 0 Å². The van der Waals surface area contributed by atoms with Crippen LogP contribution in [0, 0.1) is 5.41 Å². The van der Waals surface area contributed by atoms with E-state index in [0.717, 1.165) is 38.9 Å². The van der Waals surface area contributed by atoms with Gasteiger partial charge in [-0.15, -0.1) is 0 Å². The molecule has 2 amide bonds. The maximum absolute atomic E-state index is 12.5. The monoisotopic (exact) mass is 331 g/mol. The minimum absolute atomic E-state index is 0.00794. The van der Waals surface area contributed by atoms with Gasteiger partial charge in [0.1, 0.15) is 5.69 Å². The molecule has 0 aromatic carbocycles. The van der Waals surface area contributed by atoms with Gasteiger partial charge in [-0.3, -0.25) is 14.6 Å². The zero-order chi connectivity index (χ0) is 17.0. The number of nitrogens with zero attached hydrogens (tertiary/aromatic N) is 3. The lowest BCUT2D eigenvalue weighted by molar-refractivity contribution is -0.139. The van der Waals surface area contributed by atoms with Crippen molar-refractivity contribution in [1.82, 2.24) is 14.8 Å². The van der Waals surface area contributed by atoms with Crippen molar-refractivity contribution >= 4 is 11.8 Å². The molecule has 0 N–H and O–H groups in total. The standard InChI is InChI=1S/C18H25N3O3/c1-24-13-12-21-14-18(6-5-16(21)22)7-10-20(11-8-18)17(23)15-4-2-3-9-19-15/h2-4,9H,5-8,10-14H2,1H3. The van der Waals surface area contributed by atoms with Crippen LogP contribution in [0.2, 0.25) is 0 Å². The molecule has 2 aliphatic rings. The predicted molar refractivity (Wildman–Crippen MR) is 89.5 cm³/mol. The molecule has 0 atom stereocenters. The second-order valence-corrected chi connectivity index (χ2v) is 6.82. The molecule has 0 bridgehead atoms. The number of amides is 2. The Labute approximate surface area is 142 Å². The summed E-state index contributed by atoms with van der Waals surface area (Å²) in [4.78, 5) is 32.6. The largest absolute Gasteiger partial charge is 0.383 e. The summed E-state index contributed by atoms with van der Waals surface area (Å²) in [5, 5.41) is 0. The van der Waals surface area contributed by atoms with Crippen LogP contribution in [-0.2, 0) is 9.53 Å². The fourth-order valence-corrected chi connectivity index (χ4v) is 3.75. The van der Waals surface area contributed by atoms with Crippen molar-refractivity contribution < 1.29 is 14.3 Å². The van der Waals surface area contributed by atoms with Crippen molar-refractivity contribution in [2.45, 2.75) is 25.7 Å². The van der Waals surface area contributed by atoms with Gasteiger partial charge in [0.25, 0.3) is 5.91 Å². The first-order valence-corrected chi connectivity index (χ1v) is 8.61. The Morgan fingerprint density at radius 3 is 2.75 bits per heavy atom. The molecule has 6 heteroatoms. The highest BCUT2D eigenvalue weighted by atomic mass is 16.5. The van der Waals surface area contributed by atoms with Crippen LogP contribution >= 0.6 is 0 Å². The van der Waals surface area contributed by atoms with E-state index in [0.29, 0.717) is 25.3 Å². The number of hydrogen-bond acceptors (Lipinski definition) is 4. The minimum atomic E-state index is 0.00794. The van der Waals surface area contributed by atoms with Gasteiger partial charge < -0.3 is 14.5 Å². The number of ether oxygens (including phenoxy) is 1. The van der Waals surface area contributed by atoms with E-state index in [2.05, 4.69) is 4.98 Å². The van der Waals surface area contributed by atoms with Crippen LogP contribution in [-0.4, -0.2) is 66.5 Å². The van der Waals surface area contributed by atoms with Gasteiger partial charge in [-0.25, -0.2) is 0 Å². The fraction of sp³-hybridized carbons (Fsp3) is 0.611. The second-order valence-electron chi connectivity index (χ2n) is 6.82. The molecule has 2 saturated heterocycles. The van der Waals surface area contributed by atoms with Crippen molar-refractivity contribution in [2.75, 3.05) is 39.9 Å². The number of carbonyl (C=O) groups excluding carboxylic acids is 2. The van der Waals surface area contributed by atoms with Crippen molar-refractivity contribution in [3.05, 3.63) is 30.1 Å². The Bertz CT molecular complexity index is 582. The Kier molecular flexibility index (Phi) is 5.14. The first-order valence-electron chi connectivity index (χ1n) is 8.61. The van der Waals surface area contributed by atoms with Crippen molar-refractivity contribution in [1.29, 1.82) is 0 Å². The number of piperidine rings is 2. The second kappa shape index (κ2) is 7.30. The average molecular weight is 331 g/mol. The van der Waals surface area contributed by atoms with Crippen LogP contribution in [0.3, 0.4) is 0 Å². The maximum Gasteiger partial charge on any atom is 0.272 e. The molecule has 1 spiro atoms. The third kappa shape index (κ3) is 3.59. The fourth-order valence-electron chi connectivity index (χ4n) is 3.75. The van der Waals surface area contributed by atoms with E-state index in [9.17, 15) is 9.59 Å². The Morgan fingerprint density at radius 1 is 1.29 bits per heavy atom. The topological polar surface area (TPSA) is 62.7 Å². The maximum atomic E-state index is 12.5. The normalized spacial score (nSPS) is 20.5. The molecule has 0 aliphatic carbocycles. The highest BCUT2D eigenvalue weighted by Gasteiger charge is 2.41. The number of rotatable bonds is 4. The third-order valence-electron chi connectivity index (χ3n) is 5.31. The third-order valence-corrected chi connectivity index (χ3v) is 5.31. The SMILES string of the molecule is COCCN1CC2(CCC1=O)CCN(C(=O)c1ccccn1)CC2. The molecule has 130 valence electrons. The van der Waals surface area contributed by atoms with Crippen molar-refractivity contribution in [3.8, 4) is 0 Å². The van der Waals surface area contributed by atoms with Gasteiger partial charge in [-0.2, -0.15) is 0 Å². The van der Waals surface area contributed by atoms with E-state index >= 15 is 0 Å². The summed E-state index contributed by atoms with van der Waals surface area (Å²) >= 11 is 0. The van der Waals surface area contributed by atoms with E-state index in [1.54, 1.807) is 19.4 Å². The van der Waals surface area contributed by atoms with E-state index in [1.165, 1.54) is 0 Å². The molecular formula is C18H25N3O3. The summed E-state index contributed by atoms with van der Waals surface area (Å²) in [5.74, 6) is 0.234. The Balaban J connectivity index is 1.59. The quantitative estimate of drug-likeness (QED) is 0.840. The molecule has 2 fully saturated rings. The van der Waals surface area contributed by atoms with E-state index in [-0.39, 0.29) is 17.2 Å². The number of likely N-dealkylation sites (tertiary alicyclic amines) is 2. The van der Waals surface area contributed by atoms with Gasteiger partial charge >= 0.3 is 0 Å². The Hall–Kier alpha value is -1.95. The smallest absolute Gasteiger partial charge is 0.272 e. The van der Waals surface area contributed by atoms with Gasteiger partial charge in [0.05, 0.1) is 6.61 Å². The molecule has 0 unspecified atom stereocenters. The molecule has 1 aromatic heterocycles. The summed E-state index contributed by atoms with van der Waals surface area (Å²) in [6, 6.07) is 5.42. The van der Waals surface area contributed by atoms with E-state index in [4.69, 9.17) is 4.74 Å².